The summed E-state index contributed by atoms with van der Waals surface area (Å²) in [6.45, 7) is 2.36. The number of nitrogens with one attached hydrogen (secondary N) is 1. The van der Waals surface area contributed by atoms with Crippen LogP contribution in [0.1, 0.15) is 12.5 Å². The number of amides is 1. The van der Waals surface area contributed by atoms with Crippen LogP contribution in [-0.4, -0.2) is 23.5 Å². The van der Waals surface area contributed by atoms with Crippen LogP contribution in [0.25, 0.3) is 6.08 Å². The predicted molar refractivity (Wildman–Crippen MR) is 82.8 cm³/mol. The Bertz CT molecular complexity index is 582. The summed E-state index contributed by atoms with van der Waals surface area (Å²) in [7, 11) is 0. The summed E-state index contributed by atoms with van der Waals surface area (Å²) in [4.78, 5) is 15.7. The van der Waals surface area contributed by atoms with Gasteiger partial charge in [-0.1, -0.05) is 24.3 Å². The fourth-order valence-electron chi connectivity index (χ4n) is 1.72. The molecule has 0 aliphatic heterocycles. The van der Waals surface area contributed by atoms with Crippen LogP contribution >= 0.6 is 0 Å². The van der Waals surface area contributed by atoms with E-state index < -0.39 is 0 Å². The minimum atomic E-state index is -0.151. The zero-order valence-corrected chi connectivity index (χ0v) is 11.9. The Morgan fingerprint density at radius 2 is 2.10 bits per heavy atom. The van der Waals surface area contributed by atoms with Crippen molar-refractivity contribution in [1.29, 1.82) is 0 Å². The monoisotopic (exact) mass is 282 g/mol. The molecule has 4 nitrogen and oxygen atoms in total. The molecule has 108 valence electrons. The quantitative estimate of drug-likeness (QED) is 0.829. The number of hydrogen-bond acceptors (Lipinski definition) is 3. The zero-order valence-electron chi connectivity index (χ0n) is 11.9. The lowest BCUT2D eigenvalue weighted by molar-refractivity contribution is -0.116. The van der Waals surface area contributed by atoms with E-state index in [0.29, 0.717) is 6.54 Å². The molecule has 21 heavy (non-hydrogen) atoms. The van der Waals surface area contributed by atoms with Crippen LogP contribution in [0.4, 0.5) is 0 Å². The first-order chi connectivity index (χ1) is 10.2. The van der Waals surface area contributed by atoms with Gasteiger partial charge in [-0.15, -0.1) is 0 Å². The molecule has 0 radical (unpaired) electrons. The Kier molecular flexibility index (Phi) is 5.52. The molecule has 1 unspecified atom stereocenters. The third-order valence-electron chi connectivity index (χ3n) is 2.76. The molecule has 1 heterocycles. The normalized spacial score (nSPS) is 12.0. The topological polar surface area (TPSA) is 51.2 Å². The van der Waals surface area contributed by atoms with Gasteiger partial charge in [0.05, 0.1) is 6.54 Å². The van der Waals surface area contributed by atoms with Gasteiger partial charge in [0.15, 0.2) is 0 Å². The van der Waals surface area contributed by atoms with Gasteiger partial charge in [-0.2, -0.15) is 0 Å². The SMILES string of the molecule is CC(CNC(=O)/C=C/c1cccnc1)Oc1ccccc1. The standard InChI is InChI=1S/C17H18N2O2/c1-14(21-16-7-3-2-4-8-16)12-19-17(20)10-9-15-6-5-11-18-13-15/h2-11,13-14H,12H2,1H3,(H,19,20)/b10-9+. The van der Waals surface area contributed by atoms with E-state index in [9.17, 15) is 4.79 Å². The van der Waals surface area contributed by atoms with Crippen molar-refractivity contribution in [1.82, 2.24) is 10.3 Å². The molecule has 1 amide bonds. The van der Waals surface area contributed by atoms with Gasteiger partial charge in [0.2, 0.25) is 5.91 Å². The zero-order chi connectivity index (χ0) is 14.9. The summed E-state index contributed by atoms with van der Waals surface area (Å²) in [6, 6.07) is 13.3. The maximum atomic E-state index is 11.7. The van der Waals surface area contributed by atoms with E-state index in [1.165, 1.54) is 6.08 Å². The minimum Gasteiger partial charge on any atom is -0.489 e. The number of hydrogen-bond donors (Lipinski definition) is 1. The molecule has 0 saturated carbocycles. The van der Waals surface area contributed by atoms with Crippen LogP contribution in [0.3, 0.4) is 0 Å². The number of aromatic nitrogens is 1. The third kappa shape index (κ3) is 5.48. The van der Waals surface area contributed by atoms with Gasteiger partial charge in [0, 0.05) is 18.5 Å². The first-order valence-electron chi connectivity index (χ1n) is 6.81. The van der Waals surface area contributed by atoms with Crippen molar-refractivity contribution in [3.63, 3.8) is 0 Å². The molecule has 1 aromatic carbocycles. The van der Waals surface area contributed by atoms with Crippen LogP contribution < -0.4 is 10.1 Å². The Labute approximate surface area is 124 Å². The van der Waals surface area contributed by atoms with Crippen LogP contribution in [0.2, 0.25) is 0 Å². The van der Waals surface area contributed by atoms with Crippen molar-refractivity contribution < 1.29 is 9.53 Å². The molecule has 0 saturated heterocycles. The van der Waals surface area contributed by atoms with Crippen molar-refractivity contribution in [2.45, 2.75) is 13.0 Å². The summed E-state index contributed by atoms with van der Waals surface area (Å²) in [5.41, 5.74) is 0.890. The highest BCUT2D eigenvalue weighted by atomic mass is 16.5. The van der Waals surface area contributed by atoms with Crippen molar-refractivity contribution in [2.24, 2.45) is 0 Å². The summed E-state index contributed by atoms with van der Waals surface area (Å²) in [6.07, 6.45) is 6.52. The van der Waals surface area contributed by atoms with Crippen molar-refractivity contribution in [3.05, 3.63) is 66.5 Å². The van der Waals surface area contributed by atoms with Crippen LogP contribution in [-0.2, 0) is 4.79 Å². The predicted octanol–water partition coefficient (Wildman–Crippen LogP) is 2.68. The Hall–Kier alpha value is -2.62. The van der Waals surface area contributed by atoms with Crippen molar-refractivity contribution in [3.8, 4) is 5.75 Å². The summed E-state index contributed by atoms with van der Waals surface area (Å²) in [5.74, 6) is 0.646. The Morgan fingerprint density at radius 1 is 1.29 bits per heavy atom. The second kappa shape index (κ2) is 7.85. The number of ether oxygens (including phenoxy) is 1. The highest BCUT2D eigenvalue weighted by Gasteiger charge is 2.04. The van der Waals surface area contributed by atoms with Gasteiger partial charge in [-0.25, -0.2) is 0 Å². The van der Waals surface area contributed by atoms with Crippen molar-refractivity contribution in [2.75, 3.05) is 6.54 Å². The summed E-state index contributed by atoms with van der Waals surface area (Å²) < 4.78 is 5.68. The van der Waals surface area contributed by atoms with Gasteiger partial charge in [-0.05, 0) is 36.8 Å². The van der Waals surface area contributed by atoms with E-state index >= 15 is 0 Å². The number of carbonyl (C=O) groups is 1. The van der Waals surface area contributed by atoms with Crippen LogP contribution in [0, 0.1) is 0 Å². The molecule has 2 rings (SSSR count). The average molecular weight is 282 g/mol. The van der Waals surface area contributed by atoms with Crippen molar-refractivity contribution >= 4 is 12.0 Å². The molecule has 1 aromatic heterocycles. The lowest BCUT2D eigenvalue weighted by atomic mass is 10.2. The largest absolute Gasteiger partial charge is 0.489 e. The van der Waals surface area contributed by atoms with Gasteiger partial charge in [0.1, 0.15) is 11.9 Å². The number of nitrogens with zero attached hydrogens (tertiary/aromatic N) is 1. The van der Waals surface area contributed by atoms with Crippen LogP contribution in [0.15, 0.2) is 60.9 Å². The smallest absolute Gasteiger partial charge is 0.244 e. The number of para-hydroxylation sites is 1. The molecule has 4 heteroatoms. The third-order valence-corrected chi connectivity index (χ3v) is 2.76. The van der Waals surface area contributed by atoms with Gasteiger partial charge in [-0.3, -0.25) is 9.78 Å². The molecule has 0 aliphatic carbocycles. The second-order valence-corrected chi connectivity index (χ2v) is 4.61. The molecular formula is C17H18N2O2. The molecule has 0 bridgehead atoms. The Morgan fingerprint density at radius 3 is 2.81 bits per heavy atom. The van der Waals surface area contributed by atoms with Gasteiger partial charge < -0.3 is 10.1 Å². The summed E-state index contributed by atoms with van der Waals surface area (Å²) in [5, 5.41) is 2.80. The molecule has 2 aromatic rings. The number of benzene rings is 1. The average Bonchev–Trinajstić information content (AvgIpc) is 2.53. The molecule has 1 atom stereocenters. The number of rotatable bonds is 6. The second-order valence-electron chi connectivity index (χ2n) is 4.61. The fourth-order valence-corrected chi connectivity index (χ4v) is 1.72. The Balaban J connectivity index is 1.75. The lowest BCUT2D eigenvalue weighted by Crippen LogP contribution is -2.32. The molecule has 0 fully saturated rings. The number of pyridine rings is 1. The van der Waals surface area contributed by atoms with E-state index in [1.54, 1.807) is 18.5 Å². The molecule has 0 spiro atoms. The summed E-state index contributed by atoms with van der Waals surface area (Å²) >= 11 is 0. The highest BCUT2D eigenvalue weighted by molar-refractivity contribution is 5.91. The molecular weight excluding hydrogens is 264 g/mol. The highest BCUT2D eigenvalue weighted by Crippen LogP contribution is 2.10. The van der Waals surface area contributed by atoms with Gasteiger partial charge >= 0.3 is 0 Å². The lowest BCUT2D eigenvalue weighted by Gasteiger charge is -2.14. The van der Waals surface area contributed by atoms with E-state index in [1.807, 2.05) is 49.4 Å². The van der Waals surface area contributed by atoms with E-state index in [4.69, 9.17) is 4.74 Å². The maximum absolute atomic E-state index is 11.7. The first-order valence-corrected chi connectivity index (χ1v) is 6.81. The first kappa shape index (κ1) is 14.8. The molecule has 1 N–H and O–H groups in total. The fraction of sp³-hybridized carbons (Fsp3) is 0.176. The van der Waals surface area contributed by atoms with E-state index in [-0.39, 0.29) is 12.0 Å². The maximum Gasteiger partial charge on any atom is 0.244 e. The molecule has 0 aliphatic rings. The van der Waals surface area contributed by atoms with E-state index in [2.05, 4.69) is 10.3 Å². The van der Waals surface area contributed by atoms with Crippen LogP contribution in [0.5, 0.6) is 5.75 Å². The number of carbonyl (C=O) groups excluding carboxylic acids is 1. The van der Waals surface area contributed by atoms with E-state index in [0.717, 1.165) is 11.3 Å². The van der Waals surface area contributed by atoms with Gasteiger partial charge in [0.25, 0.3) is 0 Å². The minimum absolute atomic E-state index is 0.0943.